The number of hydrogen-bond acceptors (Lipinski definition) is 2. The van der Waals surface area contributed by atoms with Crippen molar-refractivity contribution in [3.05, 3.63) is 0 Å². The summed E-state index contributed by atoms with van der Waals surface area (Å²) in [6.45, 7) is 6.66. The largest absolute Gasteiger partial charge is 0.444 e. The number of carbonyl (C=O) groups excluding carboxylic acids is 1. The summed E-state index contributed by atoms with van der Waals surface area (Å²) in [6.07, 6.45) is 4.80. The van der Waals surface area contributed by atoms with Crippen molar-refractivity contribution in [3.8, 4) is 0 Å². The molecule has 86 valence electrons. The Hall–Kier alpha value is -0.730. The van der Waals surface area contributed by atoms with Crippen molar-refractivity contribution in [1.82, 2.24) is 4.90 Å². The average Bonchev–Trinajstić information content (AvgIpc) is 2.57. The zero-order valence-electron chi connectivity index (χ0n) is 9.95. The standard InChI is InChI=1S/C12H21NO2/c1-12(2,3)15-11(14)13-8-7-9-5-4-6-10(9)13/h9-10H,4-8H2,1-3H3/t9-,10-/m0/s1. The van der Waals surface area contributed by atoms with Crippen LogP contribution < -0.4 is 0 Å². The van der Waals surface area contributed by atoms with E-state index in [-0.39, 0.29) is 11.7 Å². The Balaban J connectivity index is 1.96. The monoisotopic (exact) mass is 211 g/mol. The summed E-state index contributed by atoms with van der Waals surface area (Å²) >= 11 is 0. The van der Waals surface area contributed by atoms with Gasteiger partial charge in [0.15, 0.2) is 0 Å². The third kappa shape index (κ3) is 2.27. The highest BCUT2D eigenvalue weighted by Crippen LogP contribution is 2.38. The van der Waals surface area contributed by atoms with Crippen LogP contribution in [-0.4, -0.2) is 29.2 Å². The summed E-state index contributed by atoms with van der Waals surface area (Å²) in [4.78, 5) is 13.9. The van der Waals surface area contributed by atoms with E-state index in [2.05, 4.69) is 0 Å². The maximum Gasteiger partial charge on any atom is 0.410 e. The molecule has 0 aromatic rings. The fourth-order valence-electron chi connectivity index (χ4n) is 2.78. The molecule has 0 aromatic carbocycles. The molecule has 0 bridgehead atoms. The topological polar surface area (TPSA) is 29.5 Å². The van der Waals surface area contributed by atoms with Crippen molar-refractivity contribution in [2.75, 3.05) is 6.54 Å². The molecule has 1 saturated carbocycles. The SMILES string of the molecule is CC(C)(C)OC(=O)N1CC[C@@H]2CCC[C@@H]21. The average molecular weight is 211 g/mol. The summed E-state index contributed by atoms with van der Waals surface area (Å²) in [6, 6.07) is 0.472. The summed E-state index contributed by atoms with van der Waals surface area (Å²) in [5, 5.41) is 0. The van der Waals surface area contributed by atoms with Crippen LogP contribution in [0.25, 0.3) is 0 Å². The van der Waals surface area contributed by atoms with Crippen molar-refractivity contribution < 1.29 is 9.53 Å². The smallest absolute Gasteiger partial charge is 0.410 e. The van der Waals surface area contributed by atoms with Crippen molar-refractivity contribution in [2.45, 2.75) is 58.1 Å². The lowest BCUT2D eigenvalue weighted by molar-refractivity contribution is 0.0218. The van der Waals surface area contributed by atoms with E-state index in [1.54, 1.807) is 0 Å². The molecular weight excluding hydrogens is 190 g/mol. The van der Waals surface area contributed by atoms with Crippen LogP contribution in [0, 0.1) is 5.92 Å². The normalized spacial score (nSPS) is 30.5. The summed E-state index contributed by atoms with van der Waals surface area (Å²) in [5.41, 5.74) is -0.367. The van der Waals surface area contributed by atoms with Gasteiger partial charge in [0.1, 0.15) is 5.60 Å². The lowest BCUT2D eigenvalue weighted by Gasteiger charge is -2.28. The van der Waals surface area contributed by atoms with E-state index < -0.39 is 0 Å². The van der Waals surface area contributed by atoms with Gasteiger partial charge in [0.05, 0.1) is 0 Å². The van der Waals surface area contributed by atoms with Crippen LogP contribution in [0.2, 0.25) is 0 Å². The minimum Gasteiger partial charge on any atom is -0.444 e. The fourth-order valence-corrected chi connectivity index (χ4v) is 2.78. The molecule has 0 N–H and O–H groups in total. The number of rotatable bonds is 0. The second-order valence-corrected chi connectivity index (χ2v) is 5.72. The zero-order chi connectivity index (χ0) is 11.1. The van der Waals surface area contributed by atoms with Crippen molar-refractivity contribution in [1.29, 1.82) is 0 Å². The maximum absolute atomic E-state index is 11.9. The summed E-state index contributed by atoms with van der Waals surface area (Å²) in [7, 11) is 0. The number of likely N-dealkylation sites (tertiary alicyclic amines) is 1. The molecule has 1 aliphatic heterocycles. The van der Waals surface area contributed by atoms with E-state index >= 15 is 0 Å². The first kappa shape index (κ1) is 10.8. The van der Waals surface area contributed by atoms with Crippen molar-refractivity contribution in [3.63, 3.8) is 0 Å². The molecule has 0 unspecified atom stereocenters. The quantitative estimate of drug-likeness (QED) is 0.616. The number of ether oxygens (including phenoxy) is 1. The molecule has 1 aliphatic carbocycles. The third-order valence-electron chi connectivity index (χ3n) is 3.39. The van der Waals surface area contributed by atoms with Crippen LogP contribution >= 0.6 is 0 Å². The molecule has 0 radical (unpaired) electrons. The van der Waals surface area contributed by atoms with E-state index in [1.807, 2.05) is 25.7 Å². The van der Waals surface area contributed by atoms with E-state index in [9.17, 15) is 4.79 Å². The molecule has 2 rings (SSSR count). The Bertz CT molecular complexity index is 257. The van der Waals surface area contributed by atoms with Crippen molar-refractivity contribution >= 4 is 6.09 Å². The van der Waals surface area contributed by atoms with Gasteiger partial charge in [0.25, 0.3) is 0 Å². The Morgan fingerprint density at radius 2 is 2.00 bits per heavy atom. The molecule has 1 saturated heterocycles. The first-order valence-electron chi connectivity index (χ1n) is 5.97. The minimum absolute atomic E-state index is 0.114. The van der Waals surface area contributed by atoms with Gasteiger partial charge in [0, 0.05) is 12.6 Å². The fraction of sp³-hybridized carbons (Fsp3) is 0.917. The number of carbonyl (C=O) groups is 1. The number of nitrogens with zero attached hydrogens (tertiary/aromatic N) is 1. The summed E-state index contributed by atoms with van der Waals surface area (Å²) in [5.74, 6) is 0.748. The lowest BCUT2D eigenvalue weighted by Crippen LogP contribution is -2.40. The van der Waals surface area contributed by atoms with Gasteiger partial charge in [-0.05, 0) is 46.0 Å². The van der Waals surface area contributed by atoms with Crippen molar-refractivity contribution in [2.24, 2.45) is 5.92 Å². The zero-order valence-corrected chi connectivity index (χ0v) is 9.95. The Kier molecular flexibility index (Phi) is 2.65. The van der Waals surface area contributed by atoms with Crippen LogP contribution in [0.5, 0.6) is 0 Å². The van der Waals surface area contributed by atoms with Crippen LogP contribution in [-0.2, 0) is 4.74 Å². The van der Waals surface area contributed by atoms with Crippen LogP contribution in [0.3, 0.4) is 0 Å². The van der Waals surface area contributed by atoms with E-state index in [0.717, 1.165) is 12.5 Å². The van der Waals surface area contributed by atoms with Gasteiger partial charge in [0.2, 0.25) is 0 Å². The van der Waals surface area contributed by atoms with Gasteiger partial charge in [-0.3, -0.25) is 0 Å². The number of amides is 1. The highest BCUT2D eigenvalue weighted by molar-refractivity contribution is 5.69. The highest BCUT2D eigenvalue weighted by Gasteiger charge is 2.41. The molecule has 3 nitrogen and oxygen atoms in total. The van der Waals surface area contributed by atoms with Gasteiger partial charge in [-0.25, -0.2) is 4.79 Å². The molecular formula is C12H21NO2. The molecule has 0 aromatic heterocycles. The third-order valence-corrected chi connectivity index (χ3v) is 3.39. The molecule has 2 fully saturated rings. The first-order chi connectivity index (χ1) is 6.97. The van der Waals surface area contributed by atoms with E-state index in [4.69, 9.17) is 4.74 Å². The predicted octanol–water partition coefficient (Wildman–Crippen LogP) is 2.80. The summed E-state index contributed by atoms with van der Waals surface area (Å²) < 4.78 is 5.42. The van der Waals surface area contributed by atoms with Crippen LogP contribution in [0.1, 0.15) is 46.5 Å². The molecule has 15 heavy (non-hydrogen) atoms. The Labute approximate surface area is 91.8 Å². The minimum atomic E-state index is -0.367. The van der Waals surface area contributed by atoms with E-state index in [0.29, 0.717) is 6.04 Å². The number of fused-ring (bicyclic) bond motifs is 1. The van der Waals surface area contributed by atoms with Gasteiger partial charge in [-0.15, -0.1) is 0 Å². The van der Waals surface area contributed by atoms with E-state index in [1.165, 1.54) is 25.7 Å². The van der Waals surface area contributed by atoms with Gasteiger partial charge >= 0.3 is 6.09 Å². The number of hydrogen-bond donors (Lipinski definition) is 0. The highest BCUT2D eigenvalue weighted by atomic mass is 16.6. The van der Waals surface area contributed by atoms with Gasteiger partial charge < -0.3 is 9.64 Å². The molecule has 1 amide bonds. The second kappa shape index (κ2) is 3.69. The molecule has 2 aliphatic rings. The van der Waals surface area contributed by atoms with Crippen LogP contribution in [0.4, 0.5) is 4.79 Å². The molecule has 3 heteroatoms. The van der Waals surface area contributed by atoms with Gasteiger partial charge in [-0.1, -0.05) is 6.42 Å². The van der Waals surface area contributed by atoms with Crippen LogP contribution in [0.15, 0.2) is 0 Å². The molecule has 0 spiro atoms. The van der Waals surface area contributed by atoms with Gasteiger partial charge in [-0.2, -0.15) is 0 Å². The Morgan fingerprint density at radius 1 is 1.27 bits per heavy atom. The molecule has 1 heterocycles. The second-order valence-electron chi connectivity index (χ2n) is 5.72. The first-order valence-corrected chi connectivity index (χ1v) is 5.97. The Morgan fingerprint density at radius 3 is 2.67 bits per heavy atom. The lowest BCUT2D eigenvalue weighted by atomic mass is 10.1. The predicted molar refractivity (Wildman–Crippen MR) is 58.7 cm³/mol. The molecule has 2 atom stereocenters. The maximum atomic E-state index is 11.9.